The van der Waals surface area contributed by atoms with Crippen molar-refractivity contribution in [3.05, 3.63) is 30.3 Å². The molecule has 0 aromatic heterocycles. The number of hydrogen-bond acceptors (Lipinski definition) is 1. The van der Waals surface area contributed by atoms with Crippen LogP contribution in [-0.4, -0.2) is 32.6 Å². The predicted octanol–water partition coefficient (Wildman–Crippen LogP) is 3.58. The predicted molar refractivity (Wildman–Crippen MR) is 85.3 cm³/mol. The maximum Gasteiger partial charge on any atom is 0.0809 e. The van der Waals surface area contributed by atoms with Crippen molar-refractivity contribution in [2.45, 2.75) is 39.9 Å². The van der Waals surface area contributed by atoms with Crippen LogP contribution in [0, 0.1) is 5.92 Å². The Morgan fingerprint density at radius 3 is 2.11 bits per heavy atom. The van der Waals surface area contributed by atoms with Gasteiger partial charge in [-0.05, 0) is 25.1 Å². The van der Waals surface area contributed by atoms with Crippen molar-refractivity contribution in [1.82, 2.24) is 4.90 Å². The molecule has 2 heteroatoms. The first kappa shape index (κ1) is 15.5. The Morgan fingerprint density at radius 1 is 1.06 bits per heavy atom. The van der Waals surface area contributed by atoms with Crippen LogP contribution < -0.4 is 5.19 Å². The number of hydrogen-bond donors (Lipinski definition) is 0. The molecule has 1 unspecified atom stereocenters. The lowest BCUT2D eigenvalue weighted by Gasteiger charge is -2.29. The summed E-state index contributed by atoms with van der Waals surface area (Å²) in [5.74, 6) is 0.798. The summed E-state index contributed by atoms with van der Waals surface area (Å²) in [5.41, 5.74) is 0. The Labute approximate surface area is 114 Å². The molecule has 102 valence electrons. The van der Waals surface area contributed by atoms with E-state index in [2.05, 4.69) is 69.1 Å². The van der Waals surface area contributed by atoms with Gasteiger partial charge in [-0.25, -0.2) is 0 Å². The molecule has 0 aliphatic carbocycles. The molecule has 1 rings (SSSR count). The molecule has 0 saturated heterocycles. The van der Waals surface area contributed by atoms with Gasteiger partial charge in [-0.1, -0.05) is 69.4 Å². The van der Waals surface area contributed by atoms with Crippen LogP contribution >= 0.6 is 0 Å². The lowest BCUT2D eigenvalue weighted by Crippen LogP contribution is -2.44. The van der Waals surface area contributed by atoms with Gasteiger partial charge in [-0.15, -0.1) is 0 Å². The van der Waals surface area contributed by atoms with Gasteiger partial charge in [0.1, 0.15) is 0 Å². The van der Waals surface area contributed by atoms with Gasteiger partial charge >= 0.3 is 0 Å². The van der Waals surface area contributed by atoms with Crippen molar-refractivity contribution < 1.29 is 0 Å². The Morgan fingerprint density at radius 2 is 1.61 bits per heavy atom. The summed E-state index contributed by atoms with van der Waals surface area (Å²) in [4.78, 5) is 2.54. The van der Waals surface area contributed by atoms with E-state index < -0.39 is 8.07 Å². The van der Waals surface area contributed by atoms with E-state index >= 15 is 0 Å². The van der Waals surface area contributed by atoms with E-state index in [0.717, 1.165) is 5.92 Å². The smallest absolute Gasteiger partial charge is 0.0809 e. The molecule has 1 aromatic carbocycles. The zero-order chi connectivity index (χ0) is 13.6. The fourth-order valence-electron chi connectivity index (χ4n) is 2.87. The van der Waals surface area contributed by atoms with Gasteiger partial charge in [0.25, 0.3) is 0 Å². The van der Waals surface area contributed by atoms with Crippen LogP contribution in [0.4, 0.5) is 0 Å². The van der Waals surface area contributed by atoms with Gasteiger partial charge in [0, 0.05) is 6.54 Å². The van der Waals surface area contributed by atoms with Crippen LogP contribution in [0.3, 0.4) is 0 Å². The molecule has 1 aromatic rings. The molecule has 0 aliphatic heterocycles. The maximum absolute atomic E-state index is 2.54. The van der Waals surface area contributed by atoms with Gasteiger partial charge in [0.2, 0.25) is 0 Å². The van der Waals surface area contributed by atoms with Crippen molar-refractivity contribution in [1.29, 1.82) is 0 Å². The summed E-state index contributed by atoms with van der Waals surface area (Å²) in [7, 11) is -1.26. The third-order valence-electron chi connectivity index (χ3n) is 3.88. The van der Waals surface area contributed by atoms with Crippen LogP contribution in [0.25, 0.3) is 0 Å². The van der Waals surface area contributed by atoms with E-state index in [1.54, 1.807) is 5.19 Å². The Hall–Kier alpha value is -0.603. The summed E-state index contributed by atoms with van der Waals surface area (Å²) >= 11 is 0. The standard InChI is InChI=1S/C16H29NSi/c1-6-17(7-2)13-15(3)14-18(4,5)16-11-9-8-10-12-16/h8-12,15H,6-7,13-14H2,1-5H3. The third kappa shape index (κ3) is 4.58. The second-order valence-electron chi connectivity index (χ2n) is 6.05. The van der Waals surface area contributed by atoms with E-state index in [9.17, 15) is 0 Å². The quantitative estimate of drug-likeness (QED) is 0.680. The Balaban J connectivity index is 2.60. The van der Waals surface area contributed by atoms with Crippen LogP contribution in [0.5, 0.6) is 0 Å². The lowest BCUT2D eigenvalue weighted by molar-refractivity contribution is 0.268. The van der Waals surface area contributed by atoms with Crippen LogP contribution in [0.2, 0.25) is 19.1 Å². The first-order valence-corrected chi connectivity index (χ1v) is 10.5. The highest BCUT2D eigenvalue weighted by Gasteiger charge is 2.26. The number of nitrogens with zero attached hydrogens (tertiary/aromatic N) is 1. The molecule has 0 fully saturated rings. The molecule has 1 atom stereocenters. The SMILES string of the molecule is CCN(CC)CC(C)C[Si](C)(C)c1ccccc1. The van der Waals surface area contributed by atoms with Crippen LogP contribution in [0.1, 0.15) is 20.8 Å². The van der Waals surface area contributed by atoms with Gasteiger partial charge in [0.15, 0.2) is 0 Å². The minimum Gasteiger partial charge on any atom is -0.304 e. The second kappa shape index (κ2) is 7.10. The van der Waals surface area contributed by atoms with Crippen molar-refractivity contribution in [2.24, 2.45) is 5.92 Å². The highest BCUT2D eigenvalue weighted by molar-refractivity contribution is 6.89. The fourth-order valence-corrected chi connectivity index (χ4v) is 6.07. The van der Waals surface area contributed by atoms with Crippen molar-refractivity contribution in [3.8, 4) is 0 Å². The lowest BCUT2D eigenvalue weighted by atomic mass is 10.2. The monoisotopic (exact) mass is 263 g/mol. The van der Waals surface area contributed by atoms with Crippen LogP contribution in [0.15, 0.2) is 30.3 Å². The number of rotatable bonds is 7. The Kier molecular flexibility index (Phi) is 6.10. The van der Waals surface area contributed by atoms with E-state index in [1.807, 2.05) is 0 Å². The molecule has 0 spiro atoms. The first-order valence-electron chi connectivity index (χ1n) is 7.27. The molecule has 1 nitrogen and oxygen atoms in total. The Bertz CT molecular complexity index is 330. The average molecular weight is 264 g/mol. The molecule has 0 saturated carbocycles. The molecular weight excluding hydrogens is 234 g/mol. The van der Waals surface area contributed by atoms with Crippen LogP contribution in [-0.2, 0) is 0 Å². The molecule has 0 aliphatic rings. The van der Waals surface area contributed by atoms with Crippen molar-refractivity contribution in [2.75, 3.05) is 19.6 Å². The second-order valence-corrected chi connectivity index (χ2v) is 10.8. The molecule has 18 heavy (non-hydrogen) atoms. The minimum atomic E-state index is -1.26. The maximum atomic E-state index is 2.54. The molecule has 0 heterocycles. The minimum absolute atomic E-state index is 0.798. The van der Waals surface area contributed by atoms with E-state index in [0.29, 0.717) is 0 Å². The molecule has 0 N–H and O–H groups in total. The van der Waals surface area contributed by atoms with Gasteiger partial charge in [-0.2, -0.15) is 0 Å². The molecule has 0 amide bonds. The van der Waals surface area contributed by atoms with E-state index in [1.165, 1.54) is 25.7 Å². The van der Waals surface area contributed by atoms with E-state index in [4.69, 9.17) is 0 Å². The van der Waals surface area contributed by atoms with E-state index in [-0.39, 0.29) is 0 Å². The van der Waals surface area contributed by atoms with Gasteiger partial charge in [0.05, 0.1) is 8.07 Å². The summed E-state index contributed by atoms with van der Waals surface area (Å²) in [6.45, 7) is 15.5. The van der Waals surface area contributed by atoms with Crippen molar-refractivity contribution >= 4 is 13.3 Å². The summed E-state index contributed by atoms with van der Waals surface area (Å²) < 4.78 is 0. The average Bonchev–Trinajstić information content (AvgIpc) is 2.36. The molecule has 0 bridgehead atoms. The summed E-state index contributed by atoms with van der Waals surface area (Å²) in [5, 5.41) is 1.59. The highest BCUT2D eigenvalue weighted by atomic mass is 28.3. The summed E-state index contributed by atoms with van der Waals surface area (Å²) in [6.07, 6.45) is 0. The van der Waals surface area contributed by atoms with Gasteiger partial charge < -0.3 is 4.90 Å². The first-order chi connectivity index (χ1) is 8.49. The van der Waals surface area contributed by atoms with Crippen molar-refractivity contribution in [3.63, 3.8) is 0 Å². The molecule has 0 radical (unpaired) electrons. The zero-order valence-electron chi connectivity index (χ0n) is 12.7. The highest BCUT2D eigenvalue weighted by Crippen LogP contribution is 2.18. The van der Waals surface area contributed by atoms with Gasteiger partial charge in [-0.3, -0.25) is 0 Å². The number of benzene rings is 1. The third-order valence-corrected chi connectivity index (χ3v) is 7.49. The largest absolute Gasteiger partial charge is 0.304 e. The summed E-state index contributed by atoms with van der Waals surface area (Å²) in [6, 6.07) is 12.5. The zero-order valence-corrected chi connectivity index (χ0v) is 13.7. The fraction of sp³-hybridized carbons (Fsp3) is 0.625. The topological polar surface area (TPSA) is 3.24 Å². The molecular formula is C16H29NSi. The normalized spacial score (nSPS) is 13.9.